The van der Waals surface area contributed by atoms with Crippen LogP contribution in [0.25, 0.3) is 32.8 Å². The van der Waals surface area contributed by atoms with Gasteiger partial charge in [0.1, 0.15) is 29.2 Å². The SMILES string of the molecule is Cc1nn(C)c(C)c1-c1c(Cl)ccc2c(CCCOc3cccc4cc(F)ccc34)c(C(=O)O)n(CCN3CC4(CCN(C(=O)COc5cccc6c5CN(C5CCC(=O)NC5=O)C6O)CC4)C3)c12. The van der Waals surface area contributed by atoms with Gasteiger partial charge < -0.3 is 34.1 Å². The third-order valence-corrected chi connectivity index (χ3v) is 15.2. The minimum atomic E-state index is -1.03. The maximum atomic E-state index is 14.0. The van der Waals surface area contributed by atoms with E-state index in [1.165, 1.54) is 12.1 Å². The van der Waals surface area contributed by atoms with Crippen molar-refractivity contribution in [2.24, 2.45) is 12.5 Å². The fourth-order valence-electron chi connectivity index (χ4n) is 11.3. The molecule has 2 aromatic heterocycles. The molecule has 3 saturated heterocycles. The molecular formula is C52H55ClFN7O8. The van der Waals surface area contributed by atoms with Crippen LogP contribution in [-0.4, -0.2) is 115 Å². The smallest absolute Gasteiger partial charge is 0.352 e. The molecule has 3 amide bonds. The van der Waals surface area contributed by atoms with E-state index in [4.69, 9.17) is 26.2 Å². The summed E-state index contributed by atoms with van der Waals surface area (Å²) in [5.74, 6) is -1.09. The van der Waals surface area contributed by atoms with Gasteiger partial charge in [-0.25, -0.2) is 9.18 Å². The van der Waals surface area contributed by atoms with E-state index in [-0.39, 0.29) is 48.3 Å². The second-order valence-corrected chi connectivity index (χ2v) is 19.5. The van der Waals surface area contributed by atoms with Gasteiger partial charge in [0.15, 0.2) is 6.61 Å². The van der Waals surface area contributed by atoms with Gasteiger partial charge in [0.25, 0.3) is 5.91 Å². The number of amides is 3. The first-order valence-corrected chi connectivity index (χ1v) is 24.0. The van der Waals surface area contributed by atoms with Crippen LogP contribution in [-0.2, 0) is 40.9 Å². The van der Waals surface area contributed by atoms with Crippen molar-refractivity contribution in [1.82, 2.24) is 34.4 Å². The molecule has 6 aromatic rings. The number of carbonyl (C=O) groups is 4. The van der Waals surface area contributed by atoms with Gasteiger partial charge in [-0.2, -0.15) is 5.10 Å². The summed E-state index contributed by atoms with van der Waals surface area (Å²) >= 11 is 7.09. The molecule has 2 unspecified atom stereocenters. The Hall–Kier alpha value is -6.33. The first-order chi connectivity index (χ1) is 33.2. The molecule has 4 aliphatic rings. The molecule has 360 valence electrons. The largest absolute Gasteiger partial charge is 0.493 e. The number of hydrogen-bond donors (Lipinski definition) is 3. The summed E-state index contributed by atoms with van der Waals surface area (Å²) in [6, 6.07) is 18.5. The highest BCUT2D eigenvalue weighted by atomic mass is 35.5. The molecule has 0 aliphatic carbocycles. The van der Waals surface area contributed by atoms with Gasteiger partial charge in [-0.05, 0) is 98.7 Å². The number of piperidine rings is 2. The predicted molar refractivity (Wildman–Crippen MR) is 257 cm³/mol. The van der Waals surface area contributed by atoms with Crippen LogP contribution in [0.5, 0.6) is 11.5 Å². The number of imide groups is 1. The highest BCUT2D eigenvalue weighted by molar-refractivity contribution is 6.35. The van der Waals surface area contributed by atoms with Gasteiger partial charge in [0, 0.05) is 98.0 Å². The number of carbonyl (C=O) groups excluding carboxylic acids is 3. The molecule has 0 bridgehead atoms. The molecule has 1 spiro atoms. The van der Waals surface area contributed by atoms with Crippen LogP contribution in [0.4, 0.5) is 4.39 Å². The van der Waals surface area contributed by atoms with Gasteiger partial charge in [0.05, 0.1) is 28.9 Å². The number of aryl methyl sites for hydroxylation is 3. The van der Waals surface area contributed by atoms with Crippen LogP contribution < -0.4 is 14.8 Å². The number of nitrogens with zero attached hydrogens (tertiary/aromatic N) is 6. The average Bonchev–Trinajstić information content (AvgIpc) is 3.91. The number of ether oxygens (including phenoxy) is 2. The monoisotopic (exact) mass is 959 g/mol. The fraction of sp³-hybridized carbons (Fsp3) is 0.404. The number of aromatic carboxylic acids is 1. The van der Waals surface area contributed by atoms with Crippen molar-refractivity contribution in [3.8, 4) is 22.6 Å². The number of halogens is 2. The Morgan fingerprint density at radius 1 is 0.957 bits per heavy atom. The van der Waals surface area contributed by atoms with E-state index in [1.54, 1.807) is 29.2 Å². The maximum Gasteiger partial charge on any atom is 0.352 e. The van der Waals surface area contributed by atoms with E-state index in [2.05, 4.69) is 10.2 Å². The van der Waals surface area contributed by atoms with Gasteiger partial charge in [-0.3, -0.25) is 29.3 Å². The van der Waals surface area contributed by atoms with Crippen LogP contribution >= 0.6 is 11.6 Å². The van der Waals surface area contributed by atoms with Crippen LogP contribution in [0.3, 0.4) is 0 Å². The second-order valence-electron chi connectivity index (χ2n) is 19.1. The molecule has 6 heterocycles. The van der Waals surface area contributed by atoms with E-state index in [0.29, 0.717) is 79.7 Å². The van der Waals surface area contributed by atoms with Gasteiger partial charge in [0.2, 0.25) is 11.8 Å². The van der Waals surface area contributed by atoms with Crippen molar-refractivity contribution < 1.29 is 43.3 Å². The molecule has 17 heteroatoms. The number of hydrogen-bond acceptors (Lipinski definition) is 10. The molecule has 0 radical (unpaired) electrons. The number of aliphatic hydroxyl groups is 1. The van der Waals surface area contributed by atoms with E-state index < -0.39 is 24.1 Å². The second kappa shape index (κ2) is 18.5. The van der Waals surface area contributed by atoms with Crippen molar-refractivity contribution in [3.05, 3.63) is 111 Å². The van der Waals surface area contributed by atoms with Gasteiger partial charge in [-0.1, -0.05) is 41.9 Å². The molecule has 3 fully saturated rings. The van der Waals surface area contributed by atoms with Crippen LogP contribution in [0.1, 0.15) is 76.9 Å². The number of fused-ring (bicyclic) bond motifs is 3. The van der Waals surface area contributed by atoms with Crippen molar-refractivity contribution in [2.45, 2.75) is 77.7 Å². The van der Waals surface area contributed by atoms with E-state index in [1.807, 2.05) is 65.4 Å². The number of rotatable bonds is 14. The summed E-state index contributed by atoms with van der Waals surface area (Å²) in [6.45, 7) is 8.20. The summed E-state index contributed by atoms with van der Waals surface area (Å²) in [6.07, 6.45) is 2.11. The highest BCUT2D eigenvalue weighted by Crippen LogP contribution is 2.44. The Labute approximate surface area is 403 Å². The van der Waals surface area contributed by atoms with Crippen molar-refractivity contribution in [2.75, 3.05) is 45.9 Å². The lowest BCUT2D eigenvalue weighted by Crippen LogP contribution is -2.61. The topological polar surface area (TPSA) is 172 Å². The molecule has 4 aromatic carbocycles. The zero-order valence-corrected chi connectivity index (χ0v) is 39.7. The summed E-state index contributed by atoms with van der Waals surface area (Å²) < 4.78 is 30.0. The Kier molecular flexibility index (Phi) is 12.5. The molecule has 0 saturated carbocycles. The quantitative estimate of drug-likeness (QED) is 0.0764. The minimum absolute atomic E-state index is 0.0453. The number of aromatic nitrogens is 3. The summed E-state index contributed by atoms with van der Waals surface area (Å²) in [5, 5.41) is 32.0. The third-order valence-electron chi connectivity index (χ3n) is 14.9. The fourth-order valence-corrected chi connectivity index (χ4v) is 11.6. The molecular weight excluding hydrogens is 905 g/mol. The summed E-state index contributed by atoms with van der Waals surface area (Å²) in [7, 11) is 1.89. The normalized spacial score (nSPS) is 19.3. The molecule has 4 aliphatic heterocycles. The van der Waals surface area contributed by atoms with E-state index in [0.717, 1.165) is 75.7 Å². The predicted octanol–water partition coefficient (Wildman–Crippen LogP) is 6.93. The maximum absolute atomic E-state index is 14.0. The Morgan fingerprint density at radius 2 is 1.71 bits per heavy atom. The standard InChI is InChI=1S/C52H55ClFN7O8/c1-30-45(31(2)57(3)56-30)46-39(53)15-14-36-35(9-6-24-68-41-10-4-7-32-25-33(54)12-13-34(32)41)48(51(66)67)60(47(36)46)23-22-58-28-52(29-58)18-20-59(21-19-52)44(63)27-69-42-11-5-8-37-38(42)26-61(50(37)65)40-16-17-43(62)55-49(40)64/h4-5,7-8,10-15,25,40,50,65H,6,9,16-24,26-29H2,1-3H3,(H,66,67)(H,55,62,64). The number of benzene rings is 4. The third kappa shape index (κ3) is 8.61. The van der Waals surface area contributed by atoms with Crippen LogP contribution in [0.15, 0.2) is 66.7 Å². The average molecular weight is 961 g/mol. The molecule has 15 nitrogen and oxygen atoms in total. The summed E-state index contributed by atoms with van der Waals surface area (Å²) in [4.78, 5) is 57.1. The molecule has 69 heavy (non-hydrogen) atoms. The highest BCUT2D eigenvalue weighted by Gasteiger charge is 2.46. The Bertz CT molecular complexity index is 3040. The zero-order valence-electron chi connectivity index (χ0n) is 38.9. The number of likely N-dealkylation sites (tertiary alicyclic amines) is 2. The first-order valence-electron chi connectivity index (χ1n) is 23.6. The van der Waals surface area contributed by atoms with Gasteiger partial charge >= 0.3 is 5.97 Å². The number of carboxylic acid groups (broad SMARTS) is 1. The molecule has 2 atom stereocenters. The first kappa shape index (κ1) is 46.4. The van der Waals surface area contributed by atoms with Crippen molar-refractivity contribution >= 4 is 57.0 Å². The van der Waals surface area contributed by atoms with Gasteiger partial charge in [-0.15, -0.1) is 0 Å². The number of carboxylic acids is 1. The van der Waals surface area contributed by atoms with E-state index in [9.17, 15) is 33.8 Å². The lowest BCUT2D eigenvalue weighted by Gasteiger charge is -2.54. The molecule has 3 N–H and O–H groups in total. The molecule has 10 rings (SSSR count). The number of aliphatic hydroxyl groups excluding tert-OH is 1. The van der Waals surface area contributed by atoms with Crippen molar-refractivity contribution in [3.63, 3.8) is 0 Å². The lowest BCUT2D eigenvalue weighted by molar-refractivity contribution is -0.142. The lowest BCUT2D eigenvalue weighted by atomic mass is 9.72. The Morgan fingerprint density at radius 3 is 2.45 bits per heavy atom. The van der Waals surface area contributed by atoms with Crippen LogP contribution in [0, 0.1) is 25.1 Å². The number of nitrogens with one attached hydrogen (secondary N) is 1. The van der Waals surface area contributed by atoms with E-state index >= 15 is 0 Å². The Balaban J connectivity index is 0.803. The summed E-state index contributed by atoms with van der Waals surface area (Å²) in [5.41, 5.74) is 6.43. The minimum Gasteiger partial charge on any atom is -0.493 e. The zero-order chi connectivity index (χ0) is 48.3. The van der Waals surface area contributed by atoms with Crippen LogP contribution in [0.2, 0.25) is 5.02 Å². The van der Waals surface area contributed by atoms with Crippen molar-refractivity contribution in [1.29, 1.82) is 0 Å².